The van der Waals surface area contributed by atoms with Gasteiger partial charge in [0.25, 0.3) is 5.22 Å². The van der Waals surface area contributed by atoms with Gasteiger partial charge in [-0.1, -0.05) is 42.1 Å². The van der Waals surface area contributed by atoms with Crippen molar-refractivity contribution in [2.24, 2.45) is 0 Å². The van der Waals surface area contributed by atoms with Gasteiger partial charge in [-0.25, -0.2) is 13.4 Å². The molecule has 0 bridgehead atoms. The Bertz CT molecular complexity index is 1030. The number of hydrogen-bond acceptors (Lipinski definition) is 6. The minimum Gasteiger partial charge on any atom is -0.431 e. The molecule has 2 aromatic carbocycles. The molecule has 1 saturated heterocycles. The van der Waals surface area contributed by atoms with Crippen LogP contribution in [0, 0.1) is 0 Å². The first kappa shape index (κ1) is 18.1. The van der Waals surface area contributed by atoms with Crippen LogP contribution in [-0.4, -0.2) is 42.6 Å². The van der Waals surface area contributed by atoms with Crippen LogP contribution in [0.4, 0.5) is 5.69 Å². The van der Waals surface area contributed by atoms with Crippen molar-refractivity contribution >= 4 is 44.3 Å². The number of thioether (sulfide) groups is 1. The maximum atomic E-state index is 13.0. The number of hydrogen-bond donors (Lipinski definition) is 0. The summed E-state index contributed by atoms with van der Waals surface area (Å²) in [5.41, 5.74) is 2.13. The van der Waals surface area contributed by atoms with E-state index in [1.165, 1.54) is 11.8 Å². The van der Waals surface area contributed by atoms with Crippen molar-refractivity contribution in [2.75, 3.05) is 22.2 Å². The van der Waals surface area contributed by atoms with E-state index in [1.54, 1.807) is 4.90 Å². The Morgan fingerprint density at radius 2 is 1.89 bits per heavy atom. The molecule has 0 aliphatic carbocycles. The zero-order valence-electron chi connectivity index (χ0n) is 14.4. The lowest BCUT2D eigenvalue weighted by atomic mass is 10.2. The van der Waals surface area contributed by atoms with Crippen LogP contribution in [-0.2, 0) is 14.6 Å². The summed E-state index contributed by atoms with van der Waals surface area (Å²) in [5, 5.41) is 0.427. The van der Waals surface area contributed by atoms with Gasteiger partial charge in [0.15, 0.2) is 15.4 Å². The molecule has 8 heteroatoms. The van der Waals surface area contributed by atoms with Crippen LogP contribution in [0.2, 0.25) is 0 Å². The van der Waals surface area contributed by atoms with E-state index in [0.29, 0.717) is 22.9 Å². The summed E-state index contributed by atoms with van der Waals surface area (Å²) in [6, 6.07) is 16.3. The lowest BCUT2D eigenvalue weighted by Gasteiger charge is -2.28. The maximum absolute atomic E-state index is 13.0. The molecule has 140 valence electrons. The highest BCUT2D eigenvalue weighted by atomic mass is 32.2. The van der Waals surface area contributed by atoms with E-state index in [9.17, 15) is 13.2 Å². The van der Waals surface area contributed by atoms with E-state index in [0.717, 1.165) is 5.52 Å². The molecular weight excluding hydrogens is 384 g/mol. The number of nitrogens with zero attached hydrogens (tertiary/aromatic N) is 2. The maximum Gasteiger partial charge on any atom is 0.257 e. The fourth-order valence-corrected chi connectivity index (χ4v) is 5.63. The number of carbonyl (C=O) groups excluding carboxylic acids is 1. The number of amides is 1. The summed E-state index contributed by atoms with van der Waals surface area (Å²) in [5.74, 6) is 0.0852. The molecule has 6 nitrogen and oxygen atoms in total. The number of anilines is 1. The van der Waals surface area contributed by atoms with Gasteiger partial charge in [-0.15, -0.1) is 0 Å². The summed E-state index contributed by atoms with van der Waals surface area (Å²) in [6.07, 6.45) is 0.455. The van der Waals surface area contributed by atoms with E-state index in [2.05, 4.69) is 4.98 Å². The van der Waals surface area contributed by atoms with E-state index >= 15 is 0 Å². The standard InChI is InChI=1S/C19H18N2O4S2/c22-18(12-26-19-20-16-8-4-5-9-17(16)25-19)21(14-6-2-1-3-7-14)15-10-11-27(23,24)13-15/h1-9,15H,10-13H2/t15-/m0/s1. The topological polar surface area (TPSA) is 80.5 Å². The van der Waals surface area contributed by atoms with Crippen LogP contribution >= 0.6 is 11.8 Å². The number of fused-ring (bicyclic) bond motifs is 1. The lowest BCUT2D eigenvalue weighted by molar-refractivity contribution is -0.116. The molecule has 27 heavy (non-hydrogen) atoms. The first-order chi connectivity index (χ1) is 13.0. The number of oxazole rings is 1. The third-order valence-electron chi connectivity index (χ3n) is 4.47. The van der Waals surface area contributed by atoms with Gasteiger partial charge < -0.3 is 9.32 Å². The molecule has 1 aromatic heterocycles. The Kier molecular flexibility index (Phi) is 4.92. The predicted octanol–water partition coefficient (Wildman–Crippen LogP) is 3.14. The zero-order valence-corrected chi connectivity index (χ0v) is 16.1. The molecule has 0 N–H and O–H groups in total. The normalized spacial score (nSPS) is 18.6. The van der Waals surface area contributed by atoms with Crippen molar-refractivity contribution in [3.8, 4) is 0 Å². The van der Waals surface area contributed by atoms with Crippen molar-refractivity contribution in [3.05, 3.63) is 54.6 Å². The third-order valence-corrected chi connectivity index (χ3v) is 7.03. The lowest BCUT2D eigenvalue weighted by Crippen LogP contribution is -2.42. The quantitative estimate of drug-likeness (QED) is 0.610. The van der Waals surface area contributed by atoms with E-state index in [4.69, 9.17) is 4.42 Å². The van der Waals surface area contributed by atoms with Crippen LogP contribution in [0.15, 0.2) is 64.2 Å². The van der Waals surface area contributed by atoms with Gasteiger partial charge in [0.05, 0.1) is 23.3 Å². The summed E-state index contributed by atoms with van der Waals surface area (Å²) in [4.78, 5) is 18.9. The number of carbonyl (C=O) groups is 1. The summed E-state index contributed by atoms with van der Waals surface area (Å²) in [7, 11) is -3.10. The molecule has 1 aliphatic rings. The van der Waals surface area contributed by atoms with Crippen LogP contribution in [0.3, 0.4) is 0 Å². The molecule has 1 fully saturated rings. The molecule has 1 amide bonds. The Labute approximate surface area is 161 Å². The second-order valence-corrected chi connectivity index (χ2v) is 9.55. The number of rotatable bonds is 5. The van der Waals surface area contributed by atoms with Gasteiger partial charge in [0.2, 0.25) is 5.91 Å². The van der Waals surface area contributed by atoms with Gasteiger partial charge >= 0.3 is 0 Å². The number of aromatic nitrogens is 1. The van der Waals surface area contributed by atoms with Crippen LogP contribution in [0.25, 0.3) is 11.1 Å². The fraction of sp³-hybridized carbons (Fsp3) is 0.263. The van der Waals surface area contributed by atoms with E-state index < -0.39 is 9.84 Å². The SMILES string of the molecule is O=C(CSc1nc2ccccc2o1)N(c1ccccc1)[C@H]1CCS(=O)(=O)C1. The first-order valence-corrected chi connectivity index (χ1v) is 11.4. The van der Waals surface area contributed by atoms with Crippen molar-refractivity contribution < 1.29 is 17.6 Å². The molecule has 0 radical (unpaired) electrons. The second-order valence-electron chi connectivity index (χ2n) is 6.39. The van der Waals surface area contributed by atoms with Crippen molar-refractivity contribution in [3.63, 3.8) is 0 Å². The highest BCUT2D eigenvalue weighted by molar-refractivity contribution is 7.99. The fourth-order valence-electron chi connectivity index (χ4n) is 3.23. The average molecular weight is 402 g/mol. The highest BCUT2D eigenvalue weighted by Gasteiger charge is 2.35. The van der Waals surface area contributed by atoms with Gasteiger partial charge in [0.1, 0.15) is 5.52 Å². The van der Waals surface area contributed by atoms with Crippen LogP contribution in [0.5, 0.6) is 0 Å². The van der Waals surface area contributed by atoms with Crippen molar-refractivity contribution in [2.45, 2.75) is 17.7 Å². The van der Waals surface area contributed by atoms with Crippen LogP contribution < -0.4 is 4.90 Å². The number of sulfone groups is 1. The van der Waals surface area contributed by atoms with Gasteiger partial charge in [-0.2, -0.15) is 0 Å². The molecule has 3 aromatic rings. The molecule has 0 saturated carbocycles. The zero-order chi connectivity index (χ0) is 18.9. The summed E-state index contributed by atoms with van der Waals surface area (Å²) in [6.45, 7) is 0. The third kappa shape index (κ3) is 4.01. The van der Waals surface area contributed by atoms with Gasteiger partial charge in [-0.05, 0) is 30.7 Å². The molecule has 4 rings (SSSR count). The first-order valence-electron chi connectivity index (χ1n) is 8.58. The predicted molar refractivity (Wildman–Crippen MR) is 106 cm³/mol. The molecule has 0 spiro atoms. The smallest absolute Gasteiger partial charge is 0.257 e. The van der Waals surface area contributed by atoms with E-state index in [1.807, 2.05) is 54.6 Å². The number of para-hydroxylation sites is 3. The highest BCUT2D eigenvalue weighted by Crippen LogP contribution is 2.28. The molecule has 0 unspecified atom stereocenters. The van der Waals surface area contributed by atoms with Crippen molar-refractivity contribution in [1.29, 1.82) is 0 Å². The molecule has 1 aliphatic heterocycles. The summed E-state index contributed by atoms with van der Waals surface area (Å²) >= 11 is 1.22. The Morgan fingerprint density at radius 1 is 1.15 bits per heavy atom. The largest absolute Gasteiger partial charge is 0.431 e. The van der Waals surface area contributed by atoms with Gasteiger partial charge in [-0.3, -0.25) is 4.79 Å². The van der Waals surface area contributed by atoms with E-state index in [-0.39, 0.29) is 29.2 Å². The Morgan fingerprint density at radius 3 is 2.59 bits per heavy atom. The summed E-state index contributed by atoms with van der Waals surface area (Å²) < 4.78 is 29.5. The second kappa shape index (κ2) is 7.36. The minimum atomic E-state index is -3.10. The Hall–Kier alpha value is -2.32. The monoisotopic (exact) mass is 402 g/mol. The van der Waals surface area contributed by atoms with Crippen LogP contribution in [0.1, 0.15) is 6.42 Å². The number of benzene rings is 2. The molecule has 1 atom stereocenters. The average Bonchev–Trinajstić information content (AvgIpc) is 3.23. The Balaban J connectivity index is 1.53. The minimum absolute atomic E-state index is 0.00118. The molecule has 2 heterocycles. The van der Waals surface area contributed by atoms with Gasteiger partial charge in [0, 0.05) is 5.69 Å². The molecular formula is C19H18N2O4S2. The van der Waals surface area contributed by atoms with Crippen molar-refractivity contribution in [1.82, 2.24) is 4.98 Å².